The highest BCUT2D eigenvalue weighted by Crippen LogP contribution is 2.56. The van der Waals surface area contributed by atoms with E-state index in [1.54, 1.807) is 20.8 Å². The number of nitro groups is 1. The highest BCUT2D eigenvalue weighted by molar-refractivity contribution is 8.13. The first kappa shape index (κ1) is 21.5. The number of carbonyl (C=O) groups is 1. The van der Waals surface area contributed by atoms with Crippen LogP contribution in [-0.2, 0) is 10.3 Å². The Morgan fingerprint density at radius 3 is 2.76 bits per heavy atom. The molecule has 7 nitrogen and oxygen atoms in total. The van der Waals surface area contributed by atoms with Gasteiger partial charge in [-0.1, -0.05) is 11.8 Å². The van der Waals surface area contributed by atoms with Crippen molar-refractivity contribution < 1.29 is 23.2 Å². The van der Waals surface area contributed by atoms with Crippen molar-refractivity contribution in [2.24, 2.45) is 10.9 Å². The van der Waals surface area contributed by atoms with E-state index in [0.717, 1.165) is 18.2 Å². The maximum Gasteiger partial charge on any atom is 0.413 e. The zero-order chi connectivity index (χ0) is 21.6. The molecule has 1 heterocycles. The van der Waals surface area contributed by atoms with Crippen LogP contribution >= 0.6 is 11.8 Å². The van der Waals surface area contributed by atoms with Crippen LogP contribution in [0.5, 0.6) is 0 Å². The van der Waals surface area contributed by atoms with Gasteiger partial charge >= 0.3 is 6.09 Å². The maximum atomic E-state index is 15.0. The molecule has 1 fully saturated rings. The first-order valence-corrected chi connectivity index (χ1v) is 10.2. The van der Waals surface area contributed by atoms with Crippen molar-refractivity contribution in [3.05, 3.63) is 39.7 Å². The number of alkyl halides is 1. The minimum Gasteiger partial charge on any atom is -0.444 e. The molecule has 158 valence electrons. The number of fused-ring (bicyclic) bond motifs is 1. The van der Waals surface area contributed by atoms with Gasteiger partial charge in [-0.2, -0.15) is 0 Å². The fourth-order valence-electron chi connectivity index (χ4n) is 3.97. The molecule has 10 heteroatoms. The average molecular weight is 427 g/mol. The van der Waals surface area contributed by atoms with Crippen molar-refractivity contribution in [3.8, 4) is 0 Å². The zero-order valence-corrected chi connectivity index (χ0v) is 17.4. The normalized spacial score (nSPS) is 29.0. The number of hydrogen-bond acceptors (Lipinski definition) is 6. The van der Waals surface area contributed by atoms with Gasteiger partial charge in [0, 0.05) is 35.8 Å². The number of non-ortho nitro benzene ring substituents is 1. The Bertz CT molecular complexity index is 885. The Labute approximate surface area is 171 Å². The van der Waals surface area contributed by atoms with Crippen LogP contribution in [0.3, 0.4) is 0 Å². The lowest BCUT2D eigenvalue weighted by molar-refractivity contribution is -0.385. The molecule has 1 aliphatic heterocycles. The summed E-state index contributed by atoms with van der Waals surface area (Å²) >= 11 is 1.22. The van der Waals surface area contributed by atoms with Crippen molar-refractivity contribution in [2.45, 2.75) is 57.3 Å². The molecule has 0 bridgehead atoms. The molecule has 29 heavy (non-hydrogen) atoms. The van der Waals surface area contributed by atoms with Crippen molar-refractivity contribution >= 4 is 28.7 Å². The van der Waals surface area contributed by atoms with Gasteiger partial charge in [-0.3, -0.25) is 20.4 Å². The largest absolute Gasteiger partial charge is 0.444 e. The van der Waals surface area contributed by atoms with Crippen LogP contribution in [0.4, 0.5) is 19.3 Å². The van der Waals surface area contributed by atoms with Crippen molar-refractivity contribution in [1.29, 1.82) is 0 Å². The molecule has 1 aliphatic carbocycles. The number of aliphatic imine (C=N–C) groups is 1. The number of rotatable bonds is 2. The molecule has 0 saturated heterocycles. The lowest BCUT2D eigenvalue weighted by atomic mass is 9.81. The highest BCUT2D eigenvalue weighted by atomic mass is 32.2. The molecule has 1 aromatic carbocycles. The number of alkyl carbamates (subject to hydrolysis) is 1. The Hall–Kier alpha value is -2.23. The van der Waals surface area contributed by atoms with Crippen LogP contribution in [0, 0.1) is 21.8 Å². The second-order valence-corrected chi connectivity index (χ2v) is 9.70. The van der Waals surface area contributed by atoms with Crippen molar-refractivity contribution in [2.75, 3.05) is 5.75 Å². The molecule has 0 aromatic heterocycles. The summed E-state index contributed by atoms with van der Waals surface area (Å²) in [6.45, 7) is 6.56. The number of hydrogen-bond donors (Lipinski definition) is 1. The molecule has 1 saturated carbocycles. The topological polar surface area (TPSA) is 93.8 Å². The number of thioether (sulfide) groups is 1. The van der Waals surface area contributed by atoms with E-state index in [1.807, 2.05) is 0 Å². The van der Waals surface area contributed by atoms with Crippen LogP contribution < -0.4 is 5.32 Å². The van der Waals surface area contributed by atoms with Crippen LogP contribution in [0.25, 0.3) is 0 Å². The van der Waals surface area contributed by atoms with Gasteiger partial charge in [-0.25, -0.2) is 13.6 Å². The third kappa shape index (κ3) is 4.52. The van der Waals surface area contributed by atoms with Gasteiger partial charge in [0.2, 0.25) is 0 Å². The number of amidine groups is 1. The van der Waals surface area contributed by atoms with E-state index in [2.05, 4.69) is 10.3 Å². The SMILES string of the molecule is CC1(F)C[C@H]2CSC(NC(=O)OC(C)(C)C)=N[C@@]2(c2cc([N+](=O)[O-])ccc2F)C1. The Balaban J connectivity index is 2.05. The Morgan fingerprint density at radius 1 is 1.45 bits per heavy atom. The van der Waals surface area contributed by atoms with E-state index < -0.39 is 33.6 Å². The van der Waals surface area contributed by atoms with Gasteiger partial charge in [0.05, 0.1) is 10.5 Å². The van der Waals surface area contributed by atoms with E-state index >= 15 is 0 Å². The van der Waals surface area contributed by atoms with Gasteiger partial charge in [-0.15, -0.1) is 0 Å². The summed E-state index contributed by atoms with van der Waals surface area (Å²) in [5.41, 5.74) is -4.00. The highest BCUT2D eigenvalue weighted by Gasteiger charge is 2.57. The molecule has 3 atom stereocenters. The molecule has 0 spiro atoms. The van der Waals surface area contributed by atoms with Gasteiger partial charge < -0.3 is 4.74 Å². The molecular weight excluding hydrogens is 404 g/mol. The Morgan fingerprint density at radius 2 is 2.14 bits per heavy atom. The number of benzene rings is 1. The number of ether oxygens (including phenoxy) is 1. The number of nitrogens with one attached hydrogen (secondary N) is 1. The molecule has 0 radical (unpaired) electrons. The molecule has 1 N–H and O–H groups in total. The van der Waals surface area contributed by atoms with Gasteiger partial charge in [0.15, 0.2) is 5.17 Å². The second kappa shape index (κ2) is 7.23. The average Bonchev–Trinajstić information content (AvgIpc) is 2.83. The summed E-state index contributed by atoms with van der Waals surface area (Å²) in [6.07, 6.45) is -0.716. The minimum absolute atomic E-state index is 0.0261. The quantitative estimate of drug-likeness (QED) is 0.546. The van der Waals surface area contributed by atoms with E-state index in [4.69, 9.17) is 4.74 Å². The zero-order valence-electron chi connectivity index (χ0n) is 16.6. The van der Waals surface area contributed by atoms with Gasteiger partial charge in [0.1, 0.15) is 17.1 Å². The van der Waals surface area contributed by atoms with Gasteiger partial charge in [-0.05, 0) is 40.2 Å². The predicted octanol–water partition coefficient (Wildman–Crippen LogP) is 4.69. The van der Waals surface area contributed by atoms with E-state index in [1.165, 1.54) is 18.7 Å². The second-order valence-electron chi connectivity index (χ2n) is 8.69. The number of carbonyl (C=O) groups excluding carboxylic acids is 1. The van der Waals surface area contributed by atoms with E-state index in [-0.39, 0.29) is 35.2 Å². The molecule has 1 aromatic rings. The fraction of sp³-hybridized carbons (Fsp3) is 0.579. The third-order valence-electron chi connectivity index (χ3n) is 4.94. The van der Waals surface area contributed by atoms with Crippen LogP contribution in [0.15, 0.2) is 23.2 Å². The van der Waals surface area contributed by atoms with E-state index in [0.29, 0.717) is 5.75 Å². The fourth-order valence-corrected chi connectivity index (χ4v) is 5.11. The number of amides is 1. The standard InChI is InChI=1S/C19H23F2N3O4S/c1-17(2,3)28-16(25)22-15-23-19(10-18(4,21)8-11(19)9-29-15)13-7-12(24(26)27)5-6-14(13)20/h5-7,11H,8-10H2,1-4H3,(H,22,23,25)/t11-,18?,19-/m0/s1. The monoisotopic (exact) mass is 427 g/mol. The van der Waals surface area contributed by atoms with Crippen molar-refractivity contribution in [3.63, 3.8) is 0 Å². The first-order chi connectivity index (χ1) is 13.3. The molecular formula is C19H23F2N3O4S. The number of halogens is 2. The summed E-state index contributed by atoms with van der Waals surface area (Å²) in [5.74, 6) is -0.676. The van der Waals surface area contributed by atoms with Gasteiger partial charge in [0.25, 0.3) is 5.69 Å². The summed E-state index contributed by atoms with van der Waals surface area (Å²) < 4.78 is 35.0. The molecule has 2 aliphatic rings. The predicted molar refractivity (Wildman–Crippen MR) is 106 cm³/mol. The molecule has 1 amide bonds. The summed E-state index contributed by atoms with van der Waals surface area (Å²) in [7, 11) is 0. The minimum atomic E-state index is -1.62. The lowest BCUT2D eigenvalue weighted by Gasteiger charge is -2.36. The smallest absolute Gasteiger partial charge is 0.413 e. The lowest BCUT2D eigenvalue weighted by Crippen LogP contribution is -2.42. The summed E-state index contributed by atoms with van der Waals surface area (Å²) in [5, 5.41) is 13.9. The summed E-state index contributed by atoms with van der Waals surface area (Å²) in [6, 6.07) is 3.19. The molecule has 3 rings (SSSR count). The first-order valence-electron chi connectivity index (χ1n) is 9.17. The van der Waals surface area contributed by atoms with E-state index in [9.17, 15) is 23.7 Å². The third-order valence-corrected chi connectivity index (χ3v) is 5.98. The van der Waals surface area contributed by atoms with Crippen LogP contribution in [0.2, 0.25) is 0 Å². The number of nitrogens with zero attached hydrogens (tertiary/aromatic N) is 2. The molecule has 1 unspecified atom stereocenters. The Kier molecular flexibility index (Phi) is 5.35. The number of nitro benzene ring substituents is 1. The van der Waals surface area contributed by atoms with Crippen LogP contribution in [-0.4, -0.2) is 33.2 Å². The van der Waals surface area contributed by atoms with Crippen molar-refractivity contribution in [1.82, 2.24) is 5.32 Å². The maximum absolute atomic E-state index is 15.0. The summed E-state index contributed by atoms with van der Waals surface area (Å²) in [4.78, 5) is 27.2. The van der Waals surface area contributed by atoms with Crippen LogP contribution in [0.1, 0.15) is 46.1 Å².